The van der Waals surface area contributed by atoms with Crippen molar-refractivity contribution < 1.29 is 39.5 Å². The van der Waals surface area contributed by atoms with Crippen molar-refractivity contribution >= 4 is 39.5 Å². The fourth-order valence-electron chi connectivity index (χ4n) is 5.29. The van der Waals surface area contributed by atoms with E-state index in [0.717, 1.165) is 49.7 Å². The number of aromatic nitrogens is 2. The van der Waals surface area contributed by atoms with Gasteiger partial charge >= 0.3 is 17.9 Å². The van der Waals surface area contributed by atoms with Gasteiger partial charge in [0, 0.05) is 52.5 Å². The maximum absolute atomic E-state index is 10.3. The molecular formula is C31H41N3O8S. The number of carbonyl (C=O) groups is 3. The Kier molecular flexibility index (Phi) is 11.4. The van der Waals surface area contributed by atoms with Gasteiger partial charge in [0.1, 0.15) is 4.83 Å². The number of carboxylic acid groups (broad SMARTS) is 3. The van der Waals surface area contributed by atoms with Crippen molar-refractivity contribution in [2.75, 3.05) is 26.3 Å². The number of fused-ring (bicyclic) bond motifs is 1. The van der Waals surface area contributed by atoms with Gasteiger partial charge in [0.15, 0.2) is 5.60 Å². The van der Waals surface area contributed by atoms with Gasteiger partial charge in [0.2, 0.25) is 0 Å². The zero-order chi connectivity index (χ0) is 31.8. The Balaban J connectivity index is 0.000000331. The third kappa shape index (κ3) is 9.02. The molecule has 4 heterocycles. The molecule has 0 radical (unpaired) electrons. The van der Waals surface area contributed by atoms with Crippen LogP contribution in [0.25, 0.3) is 10.2 Å². The maximum atomic E-state index is 10.3. The first-order valence-electron chi connectivity index (χ1n) is 14.2. The molecule has 1 aliphatic rings. The van der Waals surface area contributed by atoms with Crippen LogP contribution in [0.4, 0.5) is 0 Å². The van der Waals surface area contributed by atoms with Crippen LogP contribution in [0.2, 0.25) is 0 Å². The molecule has 0 saturated carbocycles. The maximum Gasteiger partial charge on any atom is 0.336 e. The second kappa shape index (κ2) is 14.3. The van der Waals surface area contributed by atoms with Crippen LogP contribution >= 0.6 is 11.3 Å². The number of ether oxygens (including phenoxy) is 1. The summed E-state index contributed by atoms with van der Waals surface area (Å²) in [7, 11) is 0. The van der Waals surface area contributed by atoms with Gasteiger partial charge in [-0.25, -0.2) is 9.78 Å². The second-order valence-electron chi connectivity index (χ2n) is 11.6. The van der Waals surface area contributed by atoms with E-state index in [-0.39, 0.29) is 11.0 Å². The minimum atomic E-state index is -2.74. The smallest absolute Gasteiger partial charge is 0.336 e. The number of hydrogen-bond donors (Lipinski definition) is 4. The lowest BCUT2D eigenvalue weighted by Gasteiger charge is -2.38. The number of carboxylic acids is 3. The quantitative estimate of drug-likeness (QED) is 0.216. The summed E-state index contributed by atoms with van der Waals surface area (Å²) in [4.78, 5) is 44.7. The predicted molar refractivity (Wildman–Crippen MR) is 162 cm³/mol. The van der Waals surface area contributed by atoms with E-state index in [1.54, 1.807) is 0 Å². The van der Waals surface area contributed by atoms with Gasteiger partial charge in [-0.15, -0.1) is 11.3 Å². The van der Waals surface area contributed by atoms with Crippen molar-refractivity contribution in [3.8, 4) is 0 Å². The van der Waals surface area contributed by atoms with Crippen LogP contribution < -0.4 is 0 Å². The Hall–Kier alpha value is -3.45. The third-order valence-corrected chi connectivity index (χ3v) is 9.11. The highest BCUT2D eigenvalue weighted by molar-refractivity contribution is 7.18. The van der Waals surface area contributed by atoms with Crippen LogP contribution in [0, 0.1) is 12.3 Å². The van der Waals surface area contributed by atoms with Crippen molar-refractivity contribution in [3.05, 3.63) is 58.9 Å². The first kappa shape index (κ1) is 34.0. The summed E-state index contributed by atoms with van der Waals surface area (Å²) < 4.78 is 6.00. The number of pyridine rings is 2. The minimum Gasteiger partial charge on any atom is -0.481 e. The molecule has 4 rings (SSSR count). The summed E-state index contributed by atoms with van der Waals surface area (Å²) in [5, 5.41) is 35.1. The average molecular weight is 616 g/mol. The number of hydrogen-bond acceptors (Lipinski definition) is 9. The molecule has 0 amide bonds. The number of rotatable bonds is 13. The largest absolute Gasteiger partial charge is 0.481 e. The van der Waals surface area contributed by atoms with E-state index < -0.39 is 36.4 Å². The van der Waals surface area contributed by atoms with Crippen molar-refractivity contribution in [1.82, 2.24) is 14.9 Å². The van der Waals surface area contributed by atoms with Crippen LogP contribution in [0.5, 0.6) is 0 Å². The number of aliphatic carboxylic acids is 3. The zero-order valence-electron chi connectivity index (χ0n) is 25.1. The molecule has 1 aliphatic heterocycles. The molecule has 3 aromatic rings. The summed E-state index contributed by atoms with van der Waals surface area (Å²) in [6.45, 7) is 12.6. The summed E-state index contributed by atoms with van der Waals surface area (Å²) in [6.07, 6.45) is 5.06. The summed E-state index contributed by atoms with van der Waals surface area (Å²) in [5.74, 6) is -5.02. The number of aryl methyl sites for hydroxylation is 2. The molecule has 1 atom stereocenters. The van der Waals surface area contributed by atoms with Gasteiger partial charge in [0.25, 0.3) is 0 Å². The van der Waals surface area contributed by atoms with Gasteiger partial charge in [0.05, 0.1) is 19.4 Å². The molecule has 0 unspecified atom stereocenters. The molecule has 1 fully saturated rings. The van der Waals surface area contributed by atoms with Crippen molar-refractivity contribution in [2.24, 2.45) is 5.41 Å². The molecule has 0 bridgehead atoms. The Morgan fingerprint density at radius 1 is 1.09 bits per heavy atom. The molecule has 0 spiro atoms. The molecule has 234 valence electrons. The lowest BCUT2D eigenvalue weighted by atomic mass is 9.82. The Morgan fingerprint density at radius 3 is 2.35 bits per heavy atom. The van der Waals surface area contributed by atoms with Crippen LogP contribution in [-0.4, -0.2) is 85.1 Å². The van der Waals surface area contributed by atoms with Crippen molar-refractivity contribution in [2.45, 2.75) is 70.9 Å². The molecule has 1 saturated heterocycles. The van der Waals surface area contributed by atoms with Crippen molar-refractivity contribution in [1.29, 1.82) is 0 Å². The normalized spacial score (nSPS) is 17.4. The van der Waals surface area contributed by atoms with Gasteiger partial charge in [-0.05, 0) is 77.3 Å². The van der Waals surface area contributed by atoms with E-state index in [2.05, 4.69) is 59.9 Å². The molecule has 12 heteroatoms. The van der Waals surface area contributed by atoms with Crippen LogP contribution in [0.3, 0.4) is 0 Å². The highest BCUT2D eigenvalue weighted by Crippen LogP contribution is 2.42. The average Bonchev–Trinajstić information content (AvgIpc) is 3.56. The number of aliphatic hydroxyl groups is 1. The molecule has 0 aliphatic carbocycles. The number of nitrogens with zero attached hydrogens (tertiary/aromatic N) is 3. The standard InChI is InChI=1S/C25H33N3OS.C6H8O7/c1-5-29-18-25(11-10-22-15-20-7-6-13-26-23(20)30-22)12-14-28(17-25)24(3,4)21-9-8-19(2)27-16-21;7-3(8)1-6(13,5(11)12)2-4(9)10/h6-9,13,15-16H,5,10-12,14,17-18H2,1-4H3;13H,1-2H2,(H,7,8)(H,9,10)(H,11,12)/t25-;/m1./s1. The molecule has 43 heavy (non-hydrogen) atoms. The number of thiophene rings is 1. The Morgan fingerprint density at radius 2 is 1.79 bits per heavy atom. The second-order valence-corrected chi connectivity index (χ2v) is 12.8. The lowest BCUT2D eigenvalue weighted by Crippen LogP contribution is -2.42. The fraction of sp³-hybridized carbons (Fsp3) is 0.516. The molecule has 4 N–H and O–H groups in total. The van der Waals surface area contributed by atoms with Crippen LogP contribution in [0.15, 0.2) is 42.7 Å². The monoisotopic (exact) mass is 615 g/mol. The first-order chi connectivity index (χ1) is 20.2. The third-order valence-electron chi connectivity index (χ3n) is 7.99. The fourth-order valence-corrected chi connectivity index (χ4v) is 6.29. The van der Waals surface area contributed by atoms with Crippen LogP contribution in [-0.2, 0) is 31.1 Å². The highest BCUT2D eigenvalue weighted by atomic mass is 32.1. The summed E-state index contributed by atoms with van der Waals surface area (Å²) in [5.41, 5.74) is -0.210. The van der Waals surface area contributed by atoms with E-state index >= 15 is 0 Å². The molecule has 0 aromatic carbocycles. The molecule has 3 aromatic heterocycles. The summed E-state index contributed by atoms with van der Waals surface area (Å²) in [6, 6.07) is 10.8. The van der Waals surface area contributed by atoms with Gasteiger partial charge in [-0.1, -0.05) is 12.1 Å². The number of likely N-dealkylation sites (tertiary alicyclic amines) is 1. The highest BCUT2D eigenvalue weighted by Gasteiger charge is 2.44. The van der Waals surface area contributed by atoms with Gasteiger partial charge < -0.3 is 25.2 Å². The van der Waals surface area contributed by atoms with Crippen molar-refractivity contribution in [3.63, 3.8) is 0 Å². The Labute approximate surface area is 255 Å². The lowest BCUT2D eigenvalue weighted by molar-refractivity contribution is -0.170. The SMILES string of the molecule is CCOC[C@]1(CCc2cc3cccnc3s2)CCN(C(C)(C)c2ccc(C)nc2)C1.O=C(O)CC(O)(CC(=O)O)C(=O)O. The topological polar surface area (TPSA) is 170 Å². The Bertz CT molecular complexity index is 1360. The predicted octanol–water partition coefficient (Wildman–Crippen LogP) is 4.35. The van der Waals surface area contributed by atoms with E-state index in [0.29, 0.717) is 0 Å². The molecular weight excluding hydrogens is 574 g/mol. The van der Waals surface area contributed by atoms with E-state index in [9.17, 15) is 14.4 Å². The van der Waals surface area contributed by atoms with E-state index in [4.69, 9.17) is 25.2 Å². The molecule has 11 nitrogen and oxygen atoms in total. The van der Waals surface area contributed by atoms with Gasteiger partial charge in [-0.2, -0.15) is 0 Å². The van der Waals surface area contributed by atoms with E-state index in [1.165, 1.54) is 22.2 Å². The van der Waals surface area contributed by atoms with Crippen LogP contribution in [0.1, 0.15) is 62.6 Å². The first-order valence-corrected chi connectivity index (χ1v) is 15.0. The summed E-state index contributed by atoms with van der Waals surface area (Å²) >= 11 is 1.83. The minimum absolute atomic E-state index is 0.0316. The van der Waals surface area contributed by atoms with E-state index in [1.807, 2.05) is 36.7 Å². The van der Waals surface area contributed by atoms with Gasteiger partial charge in [-0.3, -0.25) is 19.5 Å². The zero-order valence-corrected chi connectivity index (χ0v) is 25.9.